The van der Waals surface area contributed by atoms with Crippen LogP contribution in [0.5, 0.6) is 11.6 Å². The Morgan fingerprint density at radius 1 is 1.00 bits per heavy atom. The number of hydrogen-bond donors (Lipinski definition) is 0. The number of ether oxygens (including phenoxy) is 2. The maximum Gasteiger partial charge on any atom is 0.255 e. The van der Waals surface area contributed by atoms with Crippen LogP contribution in [0.2, 0.25) is 0 Å². The van der Waals surface area contributed by atoms with Gasteiger partial charge >= 0.3 is 0 Å². The standard InChI is InChI=1S/C24H29N3O3/c28-24(27-12-14-29-15-13-27)20-5-7-23(25-17-20)30-22-6-4-18-8-10-26(21-2-1-3-21)11-9-19(18)16-22/h4-7,16-17,21H,1-3,8-15H2. The lowest BCUT2D eigenvalue weighted by Crippen LogP contribution is -2.41. The molecule has 0 N–H and O–H groups in total. The molecule has 1 amide bonds. The summed E-state index contributed by atoms with van der Waals surface area (Å²) in [4.78, 5) is 21.4. The summed E-state index contributed by atoms with van der Waals surface area (Å²) in [5.74, 6) is 1.32. The van der Waals surface area contributed by atoms with Crippen molar-refractivity contribution in [1.29, 1.82) is 0 Å². The molecular formula is C24H29N3O3. The van der Waals surface area contributed by atoms with Crippen molar-refractivity contribution in [3.05, 3.63) is 53.2 Å². The van der Waals surface area contributed by atoms with Crippen LogP contribution in [0.15, 0.2) is 36.5 Å². The van der Waals surface area contributed by atoms with Gasteiger partial charge in [0.2, 0.25) is 5.88 Å². The Hall–Kier alpha value is -2.44. The zero-order valence-corrected chi connectivity index (χ0v) is 17.4. The molecule has 6 heteroatoms. The molecule has 0 unspecified atom stereocenters. The predicted octanol–water partition coefficient (Wildman–Crippen LogP) is 3.30. The van der Waals surface area contributed by atoms with Crippen LogP contribution in [-0.2, 0) is 17.6 Å². The average Bonchev–Trinajstić information content (AvgIpc) is 2.96. The van der Waals surface area contributed by atoms with Crippen molar-refractivity contribution in [2.75, 3.05) is 39.4 Å². The molecule has 1 aromatic carbocycles. The highest BCUT2D eigenvalue weighted by atomic mass is 16.5. The fourth-order valence-electron chi connectivity index (χ4n) is 4.54. The van der Waals surface area contributed by atoms with Gasteiger partial charge in [-0.05, 0) is 55.0 Å². The third-order valence-corrected chi connectivity index (χ3v) is 6.61. The monoisotopic (exact) mass is 407 g/mol. The first-order valence-corrected chi connectivity index (χ1v) is 11.1. The number of aromatic nitrogens is 1. The molecule has 1 aliphatic carbocycles. The summed E-state index contributed by atoms with van der Waals surface area (Å²) in [5, 5.41) is 0. The summed E-state index contributed by atoms with van der Waals surface area (Å²) >= 11 is 0. The van der Waals surface area contributed by atoms with Gasteiger partial charge in [0.25, 0.3) is 5.91 Å². The van der Waals surface area contributed by atoms with E-state index >= 15 is 0 Å². The number of nitrogens with zero attached hydrogens (tertiary/aromatic N) is 3. The number of carbonyl (C=O) groups is 1. The van der Waals surface area contributed by atoms with Crippen molar-refractivity contribution in [1.82, 2.24) is 14.8 Å². The number of rotatable bonds is 4. The van der Waals surface area contributed by atoms with Gasteiger partial charge < -0.3 is 14.4 Å². The molecule has 30 heavy (non-hydrogen) atoms. The van der Waals surface area contributed by atoms with Crippen molar-refractivity contribution in [3.8, 4) is 11.6 Å². The van der Waals surface area contributed by atoms with Crippen LogP contribution < -0.4 is 4.74 Å². The largest absolute Gasteiger partial charge is 0.439 e. The second-order valence-electron chi connectivity index (χ2n) is 8.44. The molecule has 6 nitrogen and oxygen atoms in total. The number of amides is 1. The summed E-state index contributed by atoms with van der Waals surface area (Å²) < 4.78 is 11.3. The molecule has 1 saturated carbocycles. The number of fused-ring (bicyclic) bond motifs is 1. The number of pyridine rings is 1. The van der Waals surface area contributed by atoms with Crippen LogP contribution in [0.1, 0.15) is 40.7 Å². The molecule has 1 saturated heterocycles. The van der Waals surface area contributed by atoms with Gasteiger partial charge in [-0.25, -0.2) is 4.98 Å². The lowest BCUT2D eigenvalue weighted by atomic mass is 9.91. The van der Waals surface area contributed by atoms with E-state index in [0.29, 0.717) is 37.7 Å². The lowest BCUT2D eigenvalue weighted by molar-refractivity contribution is 0.0302. The smallest absolute Gasteiger partial charge is 0.255 e. The van der Waals surface area contributed by atoms with E-state index in [1.54, 1.807) is 23.2 Å². The molecule has 0 spiro atoms. The minimum absolute atomic E-state index is 0.00148. The minimum Gasteiger partial charge on any atom is -0.439 e. The average molecular weight is 408 g/mol. The molecule has 3 heterocycles. The van der Waals surface area contributed by atoms with Gasteiger partial charge in [0.05, 0.1) is 18.8 Å². The molecule has 0 atom stereocenters. The highest BCUT2D eigenvalue weighted by Gasteiger charge is 2.26. The first-order chi connectivity index (χ1) is 14.8. The van der Waals surface area contributed by atoms with E-state index < -0.39 is 0 Å². The van der Waals surface area contributed by atoms with E-state index in [-0.39, 0.29) is 5.91 Å². The third-order valence-electron chi connectivity index (χ3n) is 6.61. The Kier molecular flexibility index (Phi) is 5.69. The number of hydrogen-bond acceptors (Lipinski definition) is 5. The van der Waals surface area contributed by atoms with Crippen LogP contribution in [0.25, 0.3) is 0 Å². The first-order valence-electron chi connectivity index (χ1n) is 11.1. The molecule has 2 aliphatic heterocycles. The molecule has 1 aromatic heterocycles. The Morgan fingerprint density at radius 3 is 2.50 bits per heavy atom. The highest BCUT2D eigenvalue weighted by Crippen LogP contribution is 2.29. The molecule has 2 fully saturated rings. The van der Waals surface area contributed by atoms with Crippen molar-refractivity contribution < 1.29 is 14.3 Å². The lowest BCUT2D eigenvalue weighted by Gasteiger charge is -2.36. The number of benzene rings is 1. The normalized spacial score (nSPS) is 20.2. The Labute approximate surface area is 177 Å². The highest BCUT2D eigenvalue weighted by molar-refractivity contribution is 5.94. The molecule has 0 radical (unpaired) electrons. The Bertz CT molecular complexity index is 889. The fraction of sp³-hybridized carbons (Fsp3) is 0.500. The summed E-state index contributed by atoms with van der Waals surface area (Å²) in [6.07, 6.45) is 7.90. The van der Waals surface area contributed by atoms with Gasteiger partial charge in [-0.2, -0.15) is 0 Å². The van der Waals surface area contributed by atoms with Crippen LogP contribution in [0.3, 0.4) is 0 Å². The van der Waals surface area contributed by atoms with Gasteiger partial charge in [0.15, 0.2) is 0 Å². The Morgan fingerprint density at radius 2 is 1.80 bits per heavy atom. The van der Waals surface area contributed by atoms with Gasteiger partial charge in [-0.3, -0.25) is 9.69 Å². The van der Waals surface area contributed by atoms with E-state index in [0.717, 1.165) is 37.7 Å². The van der Waals surface area contributed by atoms with Crippen LogP contribution in [0.4, 0.5) is 0 Å². The van der Waals surface area contributed by atoms with Gasteiger partial charge in [0.1, 0.15) is 5.75 Å². The molecular weight excluding hydrogens is 378 g/mol. The van der Waals surface area contributed by atoms with E-state index in [2.05, 4.69) is 22.0 Å². The zero-order chi connectivity index (χ0) is 20.3. The summed E-state index contributed by atoms with van der Waals surface area (Å²) in [5.41, 5.74) is 3.40. The third kappa shape index (κ3) is 4.20. The summed E-state index contributed by atoms with van der Waals surface area (Å²) in [6, 6.07) is 10.8. The quantitative estimate of drug-likeness (QED) is 0.778. The van der Waals surface area contributed by atoms with Crippen molar-refractivity contribution in [2.24, 2.45) is 0 Å². The SMILES string of the molecule is O=C(c1ccc(Oc2ccc3c(c2)CCN(C2CCC2)CC3)nc1)N1CCOCC1. The second kappa shape index (κ2) is 8.74. The fourth-order valence-corrected chi connectivity index (χ4v) is 4.54. The van der Waals surface area contributed by atoms with Crippen LogP contribution in [0, 0.1) is 0 Å². The van der Waals surface area contributed by atoms with Crippen LogP contribution >= 0.6 is 0 Å². The number of carbonyl (C=O) groups excluding carboxylic acids is 1. The van der Waals surface area contributed by atoms with E-state index in [9.17, 15) is 4.79 Å². The van der Waals surface area contributed by atoms with Crippen molar-refractivity contribution >= 4 is 5.91 Å². The van der Waals surface area contributed by atoms with Crippen LogP contribution in [-0.4, -0.2) is 66.1 Å². The maximum absolute atomic E-state index is 12.5. The molecule has 3 aliphatic rings. The maximum atomic E-state index is 12.5. The van der Waals surface area contributed by atoms with Gasteiger partial charge in [-0.15, -0.1) is 0 Å². The van der Waals surface area contributed by atoms with Crippen molar-refractivity contribution in [2.45, 2.75) is 38.1 Å². The van der Waals surface area contributed by atoms with Crippen molar-refractivity contribution in [3.63, 3.8) is 0 Å². The van der Waals surface area contributed by atoms with E-state index in [1.807, 2.05) is 6.07 Å². The molecule has 5 rings (SSSR count). The molecule has 158 valence electrons. The van der Waals surface area contributed by atoms with E-state index in [4.69, 9.17) is 9.47 Å². The predicted molar refractivity (Wildman–Crippen MR) is 114 cm³/mol. The number of morpholine rings is 1. The summed E-state index contributed by atoms with van der Waals surface area (Å²) in [6.45, 7) is 4.75. The topological polar surface area (TPSA) is 54.9 Å². The van der Waals surface area contributed by atoms with Gasteiger partial charge in [0, 0.05) is 44.5 Å². The zero-order valence-electron chi connectivity index (χ0n) is 17.4. The second-order valence-corrected chi connectivity index (χ2v) is 8.44. The Balaban J connectivity index is 1.23. The van der Waals surface area contributed by atoms with Gasteiger partial charge in [-0.1, -0.05) is 12.5 Å². The molecule has 2 aromatic rings. The molecule has 0 bridgehead atoms. The minimum atomic E-state index is -0.00148. The first kappa shape index (κ1) is 19.5. The van der Waals surface area contributed by atoms with E-state index in [1.165, 1.54) is 30.4 Å². The summed E-state index contributed by atoms with van der Waals surface area (Å²) in [7, 11) is 0.